The number of carbonyl (C=O) groups is 3. The Balaban J connectivity index is 1.71. The number of carbonyl (C=O) groups excluding carboxylic acids is 3. The maximum absolute atomic E-state index is 12.7. The maximum atomic E-state index is 12.7. The van der Waals surface area contributed by atoms with E-state index in [1.54, 1.807) is 0 Å². The quantitative estimate of drug-likeness (QED) is 0.561. The molecule has 3 aliphatic heterocycles. The lowest BCUT2D eigenvalue weighted by Crippen LogP contribution is -2.38. The van der Waals surface area contributed by atoms with E-state index < -0.39 is 23.4 Å². The Morgan fingerprint density at radius 2 is 1.91 bits per heavy atom. The van der Waals surface area contributed by atoms with Crippen molar-refractivity contribution in [2.24, 2.45) is 11.8 Å². The summed E-state index contributed by atoms with van der Waals surface area (Å²) in [6.07, 6.45) is 3.31. The first kappa shape index (κ1) is 13.2. The number of carboxylic acid groups (broad SMARTS) is 1. The summed E-state index contributed by atoms with van der Waals surface area (Å²) in [4.78, 5) is 37.2. The maximum Gasteiger partial charge on any atom is 0.241 e. The molecule has 3 aliphatic rings. The molecule has 0 unspecified atom stereocenters. The zero-order valence-electron chi connectivity index (χ0n) is 11.7. The van der Waals surface area contributed by atoms with Crippen LogP contribution in [0.1, 0.15) is 17.3 Å². The first-order valence-corrected chi connectivity index (χ1v) is 6.99. The molecule has 0 aromatic heterocycles. The highest BCUT2D eigenvalue weighted by molar-refractivity contribution is 6.23. The van der Waals surface area contributed by atoms with Crippen LogP contribution in [0.3, 0.4) is 0 Å². The number of anilines is 1. The van der Waals surface area contributed by atoms with Crippen molar-refractivity contribution in [2.45, 2.75) is 18.6 Å². The molecule has 1 aromatic carbocycles. The highest BCUT2D eigenvalue weighted by Crippen LogP contribution is 2.52. The molecule has 2 bridgehead atoms. The lowest BCUT2D eigenvalue weighted by atomic mass is 9.78. The van der Waals surface area contributed by atoms with Crippen LogP contribution in [-0.4, -0.2) is 29.5 Å². The minimum absolute atomic E-state index is 0.0000651. The standard InChI is InChI=1S/C16H13NO5/c1-16-7-6-10(22-16)11-12(16)14(19)17(13(11)18)9-4-2-8(3-5-9)15(20)21/h2-7,10-12H,1H3,(H,20,21)/p-1/t10-,11+,12+,16-/m0/s1. The monoisotopic (exact) mass is 298 g/mol. The fourth-order valence-corrected chi connectivity index (χ4v) is 3.65. The number of imide groups is 1. The Morgan fingerprint density at radius 1 is 1.23 bits per heavy atom. The van der Waals surface area contributed by atoms with E-state index in [1.165, 1.54) is 24.3 Å². The van der Waals surface area contributed by atoms with Crippen molar-refractivity contribution in [1.29, 1.82) is 0 Å². The van der Waals surface area contributed by atoms with Crippen molar-refractivity contribution in [1.82, 2.24) is 0 Å². The van der Waals surface area contributed by atoms with Gasteiger partial charge in [0.25, 0.3) is 0 Å². The molecule has 0 saturated carbocycles. The number of ether oxygens (including phenoxy) is 1. The number of benzene rings is 1. The third-order valence-electron chi connectivity index (χ3n) is 4.69. The van der Waals surface area contributed by atoms with Gasteiger partial charge in [-0.2, -0.15) is 0 Å². The van der Waals surface area contributed by atoms with Crippen LogP contribution in [0.5, 0.6) is 0 Å². The van der Waals surface area contributed by atoms with Crippen molar-refractivity contribution < 1.29 is 24.2 Å². The number of nitrogens with zero attached hydrogens (tertiary/aromatic N) is 1. The number of rotatable bonds is 2. The zero-order valence-corrected chi connectivity index (χ0v) is 11.7. The highest BCUT2D eigenvalue weighted by atomic mass is 16.5. The summed E-state index contributed by atoms with van der Waals surface area (Å²) in [5, 5.41) is 10.8. The lowest BCUT2D eigenvalue weighted by Gasteiger charge is -2.24. The minimum Gasteiger partial charge on any atom is -0.545 e. The number of amides is 2. The summed E-state index contributed by atoms with van der Waals surface area (Å²) < 4.78 is 5.74. The molecule has 6 heteroatoms. The molecule has 2 amide bonds. The van der Waals surface area contributed by atoms with E-state index in [-0.39, 0.29) is 23.5 Å². The van der Waals surface area contributed by atoms with Crippen molar-refractivity contribution in [2.75, 3.05) is 4.90 Å². The Morgan fingerprint density at radius 3 is 2.50 bits per heavy atom. The van der Waals surface area contributed by atoms with Crippen LogP contribution >= 0.6 is 0 Å². The largest absolute Gasteiger partial charge is 0.545 e. The third kappa shape index (κ3) is 1.50. The van der Waals surface area contributed by atoms with E-state index in [1.807, 2.05) is 19.1 Å². The van der Waals surface area contributed by atoms with Crippen LogP contribution in [-0.2, 0) is 14.3 Å². The number of fused-ring (bicyclic) bond motifs is 5. The molecule has 4 atom stereocenters. The van der Waals surface area contributed by atoms with Gasteiger partial charge in [-0.1, -0.05) is 24.3 Å². The van der Waals surface area contributed by atoms with Crippen LogP contribution < -0.4 is 10.0 Å². The summed E-state index contributed by atoms with van der Waals surface area (Å²) in [5.41, 5.74) is -0.362. The second kappa shape index (κ2) is 4.04. The molecule has 2 saturated heterocycles. The second-order valence-electron chi connectivity index (χ2n) is 5.98. The molecule has 0 N–H and O–H groups in total. The predicted molar refractivity (Wildman–Crippen MR) is 72.7 cm³/mol. The van der Waals surface area contributed by atoms with Gasteiger partial charge >= 0.3 is 0 Å². The van der Waals surface area contributed by atoms with E-state index in [2.05, 4.69) is 0 Å². The number of carboxylic acids is 1. The Bertz CT molecular complexity index is 737. The predicted octanol–water partition coefficient (Wildman–Crippen LogP) is -0.117. The molecule has 0 aliphatic carbocycles. The molecule has 2 fully saturated rings. The molecule has 112 valence electrons. The Hall–Kier alpha value is -2.47. The minimum atomic E-state index is -1.30. The highest BCUT2D eigenvalue weighted by Gasteiger charge is 2.65. The van der Waals surface area contributed by atoms with Gasteiger partial charge in [-0.25, -0.2) is 4.90 Å². The van der Waals surface area contributed by atoms with Gasteiger partial charge in [0.2, 0.25) is 11.8 Å². The van der Waals surface area contributed by atoms with Crippen LogP contribution in [0.25, 0.3) is 0 Å². The molecule has 1 aromatic rings. The van der Waals surface area contributed by atoms with Gasteiger partial charge in [-0.15, -0.1) is 0 Å². The van der Waals surface area contributed by atoms with E-state index in [0.29, 0.717) is 5.69 Å². The van der Waals surface area contributed by atoms with Crippen LogP contribution in [0.4, 0.5) is 5.69 Å². The summed E-state index contributed by atoms with van der Waals surface area (Å²) in [6, 6.07) is 5.54. The molecular formula is C16H12NO5-. The molecule has 22 heavy (non-hydrogen) atoms. The molecule has 0 spiro atoms. The van der Waals surface area contributed by atoms with E-state index in [9.17, 15) is 19.5 Å². The average Bonchev–Trinajstić information content (AvgIpc) is 3.08. The van der Waals surface area contributed by atoms with Crippen molar-refractivity contribution in [3.63, 3.8) is 0 Å². The van der Waals surface area contributed by atoms with Crippen molar-refractivity contribution >= 4 is 23.5 Å². The van der Waals surface area contributed by atoms with E-state index in [0.717, 1.165) is 4.90 Å². The van der Waals surface area contributed by atoms with Gasteiger partial charge in [0.1, 0.15) is 0 Å². The smallest absolute Gasteiger partial charge is 0.241 e. The van der Waals surface area contributed by atoms with Crippen LogP contribution in [0.15, 0.2) is 36.4 Å². The Kier molecular flexibility index (Phi) is 2.43. The zero-order chi connectivity index (χ0) is 15.6. The summed E-state index contributed by atoms with van der Waals surface area (Å²) in [6.45, 7) is 1.81. The normalized spacial score (nSPS) is 35.3. The van der Waals surface area contributed by atoms with E-state index >= 15 is 0 Å². The SMILES string of the molecule is C[C@@]12C=C[C@H](O1)[C@H]1C(=O)N(c3ccc(C(=O)[O-])cc3)C(=O)[C@@H]12. The molecule has 0 radical (unpaired) electrons. The third-order valence-corrected chi connectivity index (χ3v) is 4.69. The summed E-state index contributed by atoms with van der Waals surface area (Å²) >= 11 is 0. The van der Waals surface area contributed by atoms with Gasteiger partial charge in [-0.3, -0.25) is 9.59 Å². The number of hydrogen-bond donors (Lipinski definition) is 0. The molecule has 4 rings (SSSR count). The van der Waals surface area contributed by atoms with E-state index in [4.69, 9.17) is 4.74 Å². The lowest BCUT2D eigenvalue weighted by molar-refractivity contribution is -0.255. The summed E-state index contributed by atoms with van der Waals surface area (Å²) in [7, 11) is 0. The van der Waals surface area contributed by atoms with Gasteiger partial charge in [0.05, 0.1) is 35.2 Å². The van der Waals surface area contributed by atoms with Crippen molar-refractivity contribution in [3.05, 3.63) is 42.0 Å². The number of hydrogen-bond acceptors (Lipinski definition) is 5. The summed E-state index contributed by atoms with van der Waals surface area (Å²) in [5.74, 6) is -2.91. The first-order valence-electron chi connectivity index (χ1n) is 6.99. The average molecular weight is 298 g/mol. The van der Waals surface area contributed by atoms with Crippen LogP contribution in [0.2, 0.25) is 0 Å². The molecular weight excluding hydrogens is 286 g/mol. The van der Waals surface area contributed by atoms with Gasteiger partial charge in [0.15, 0.2) is 0 Å². The molecule has 6 nitrogen and oxygen atoms in total. The van der Waals surface area contributed by atoms with Gasteiger partial charge in [0, 0.05) is 0 Å². The van der Waals surface area contributed by atoms with Gasteiger partial charge in [-0.05, 0) is 24.6 Å². The van der Waals surface area contributed by atoms with Crippen molar-refractivity contribution in [3.8, 4) is 0 Å². The number of aromatic carboxylic acids is 1. The van der Waals surface area contributed by atoms with Crippen LogP contribution in [0, 0.1) is 11.8 Å². The fraction of sp³-hybridized carbons (Fsp3) is 0.312. The van der Waals surface area contributed by atoms with Gasteiger partial charge < -0.3 is 14.6 Å². The Labute approximate surface area is 126 Å². The topological polar surface area (TPSA) is 86.7 Å². The molecule has 3 heterocycles. The second-order valence-corrected chi connectivity index (χ2v) is 5.98. The fourth-order valence-electron chi connectivity index (χ4n) is 3.65. The first-order chi connectivity index (χ1) is 10.4.